The van der Waals surface area contributed by atoms with E-state index in [1.165, 1.54) is 12.1 Å². The molecule has 2 rings (SSSR count). The number of rotatable bonds is 7. The van der Waals surface area contributed by atoms with E-state index in [-0.39, 0.29) is 29.5 Å². The molecule has 0 aliphatic heterocycles. The number of benzene rings is 1. The molecule has 132 valence electrons. The summed E-state index contributed by atoms with van der Waals surface area (Å²) < 4.78 is 12.8. The van der Waals surface area contributed by atoms with Gasteiger partial charge in [-0.2, -0.15) is 0 Å². The molecule has 0 atom stereocenters. The van der Waals surface area contributed by atoms with E-state index in [4.69, 9.17) is 0 Å². The van der Waals surface area contributed by atoms with Gasteiger partial charge in [-0.3, -0.25) is 9.59 Å². The monoisotopic (exact) mass is 334 g/mol. The molecule has 0 aromatic heterocycles. The molecule has 1 aromatic rings. The Morgan fingerprint density at radius 1 is 0.958 bits per heavy atom. The predicted octanol–water partition coefficient (Wildman–Crippen LogP) is 2.82. The summed E-state index contributed by atoms with van der Waals surface area (Å²) in [5.74, 6) is 0.0207. The minimum absolute atomic E-state index is 0.00782. The molecular weight excluding hydrogens is 307 g/mol. The molecule has 0 radical (unpaired) electrons. The summed E-state index contributed by atoms with van der Waals surface area (Å²) in [5, 5.41) is 5.90. The Balaban J connectivity index is 1.67. The van der Waals surface area contributed by atoms with Crippen LogP contribution in [0, 0.1) is 17.7 Å². The standard InChI is InChI=1S/C19H27FN2O2/c1-2-12-21-18(23)15-5-7-16(8-6-15)19(24)22-13-11-14-3-9-17(20)10-4-14/h3-4,9-10,15-16H,2,5-8,11-13H2,1H3,(H,21,23)(H,22,24). The van der Waals surface area contributed by atoms with Crippen molar-refractivity contribution in [3.8, 4) is 0 Å². The molecule has 4 nitrogen and oxygen atoms in total. The van der Waals surface area contributed by atoms with Crippen LogP contribution in [0.5, 0.6) is 0 Å². The highest BCUT2D eigenvalue weighted by Crippen LogP contribution is 2.29. The summed E-state index contributed by atoms with van der Waals surface area (Å²) in [6, 6.07) is 6.34. The van der Waals surface area contributed by atoms with Crippen LogP contribution in [0.15, 0.2) is 24.3 Å². The van der Waals surface area contributed by atoms with Crippen LogP contribution < -0.4 is 10.6 Å². The van der Waals surface area contributed by atoms with E-state index >= 15 is 0 Å². The van der Waals surface area contributed by atoms with E-state index in [9.17, 15) is 14.0 Å². The minimum atomic E-state index is -0.248. The van der Waals surface area contributed by atoms with Crippen LogP contribution in [-0.4, -0.2) is 24.9 Å². The first-order chi connectivity index (χ1) is 11.6. The average Bonchev–Trinajstić information content (AvgIpc) is 2.61. The molecule has 2 amide bonds. The highest BCUT2D eigenvalue weighted by atomic mass is 19.1. The summed E-state index contributed by atoms with van der Waals surface area (Å²) in [6.45, 7) is 3.32. The zero-order valence-electron chi connectivity index (χ0n) is 14.3. The Morgan fingerprint density at radius 3 is 1.96 bits per heavy atom. The lowest BCUT2D eigenvalue weighted by Gasteiger charge is -2.27. The topological polar surface area (TPSA) is 58.2 Å². The van der Waals surface area contributed by atoms with Crippen molar-refractivity contribution >= 4 is 11.8 Å². The SMILES string of the molecule is CCCNC(=O)C1CCC(C(=O)NCCc2ccc(F)cc2)CC1. The quantitative estimate of drug-likeness (QED) is 0.805. The first-order valence-corrected chi connectivity index (χ1v) is 8.90. The second kappa shape index (κ2) is 9.40. The van der Waals surface area contributed by atoms with Crippen molar-refractivity contribution in [3.05, 3.63) is 35.6 Å². The van der Waals surface area contributed by atoms with E-state index in [0.29, 0.717) is 13.0 Å². The van der Waals surface area contributed by atoms with Crippen molar-refractivity contribution in [2.45, 2.75) is 45.4 Å². The van der Waals surface area contributed by atoms with Gasteiger partial charge in [0, 0.05) is 24.9 Å². The van der Waals surface area contributed by atoms with Gasteiger partial charge in [-0.1, -0.05) is 19.1 Å². The van der Waals surface area contributed by atoms with Crippen molar-refractivity contribution in [1.29, 1.82) is 0 Å². The first kappa shape index (κ1) is 18.4. The summed E-state index contributed by atoms with van der Waals surface area (Å²) in [5.41, 5.74) is 1.01. The summed E-state index contributed by atoms with van der Waals surface area (Å²) in [6.07, 6.45) is 4.74. The van der Waals surface area contributed by atoms with Gasteiger partial charge in [-0.15, -0.1) is 0 Å². The Kier molecular flexibility index (Phi) is 7.22. The normalized spacial score (nSPS) is 20.4. The van der Waals surface area contributed by atoms with Gasteiger partial charge in [0.1, 0.15) is 5.82 Å². The maximum atomic E-state index is 12.8. The molecule has 0 bridgehead atoms. The molecule has 1 aliphatic carbocycles. The highest BCUT2D eigenvalue weighted by molar-refractivity contribution is 5.81. The lowest BCUT2D eigenvalue weighted by atomic mass is 9.81. The van der Waals surface area contributed by atoms with Crippen LogP contribution in [0.3, 0.4) is 0 Å². The fraction of sp³-hybridized carbons (Fsp3) is 0.579. The Bertz CT molecular complexity index is 537. The molecule has 0 spiro atoms. The number of amides is 2. The molecule has 0 unspecified atom stereocenters. The van der Waals surface area contributed by atoms with Crippen molar-refractivity contribution < 1.29 is 14.0 Å². The maximum absolute atomic E-state index is 12.8. The van der Waals surface area contributed by atoms with Gasteiger partial charge in [-0.05, 0) is 56.2 Å². The minimum Gasteiger partial charge on any atom is -0.356 e. The van der Waals surface area contributed by atoms with Crippen LogP contribution in [0.2, 0.25) is 0 Å². The van der Waals surface area contributed by atoms with E-state index in [1.807, 2.05) is 6.92 Å². The first-order valence-electron chi connectivity index (χ1n) is 8.90. The van der Waals surface area contributed by atoms with Crippen LogP contribution in [0.25, 0.3) is 0 Å². The average molecular weight is 334 g/mol. The Labute approximate surface area is 143 Å². The Morgan fingerprint density at radius 2 is 1.46 bits per heavy atom. The van der Waals surface area contributed by atoms with Crippen molar-refractivity contribution in [2.75, 3.05) is 13.1 Å². The largest absolute Gasteiger partial charge is 0.356 e. The number of nitrogens with one attached hydrogen (secondary N) is 2. The van der Waals surface area contributed by atoms with Crippen molar-refractivity contribution in [1.82, 2.24) is 10.6 Å². The molecule has 0 heterocycles. The van der Waals surface area contributed by atoms with Gasteiger partial charge in [0.2, 0.25) is 11.8 Å². The van der Waals surface area contributed by atoms with Crippen LogP contribution >= 0.6 is 0 Å². The fourth-order valence-electron chi connectivity index (χ4n) is 3.14. The van der Waals surface area contributed by atoms with E-state index in [1.54, 1.807) is 12.1 Å². The molecule has 1 saturated carbocycles. The van der Waals surface area contributed by atoms with Crippen molar-refractivity contribution in [2.24, 2.45) is 11.8 Å². The van der Waals surface area contributed by atoms with Gasteiger partial charge in [0.15, 0.2) is 0 Å². The number of carbonyl (C=O) groups excluding carboxylic acids is 2. The van der Waals surface area contributed by atoms with Gasteiger partial charge in [0.25, 0.3) is 0 Å². The molecule has 5 heteroatoms. The zero-order valence-corrected chi connectivity index (χ0v) is 14.3. The lowest BCUT2D eigenvalue weighted by molar-refractivity contribution is -0.130. The van der Waals surface area contributed by atoms with Gasteiger partial charge >= 0.3 is 0 Å². The molecule has 1 fully saturated rings. The summed E-state index contributed by atoms with van der Waals surface area (Å²) >= 11 is 0. The highest BCUT2D eigenvalue weighted by Gasteiger charge is 2.29. The van der Waals surface area contributed by atoms with E-state index in [2.05, 4.69) is 10.6 Å². The molecule has 1 aromatic carbocycles. The van der Waals surface area contributed by atoms with E-state index in [0.717, 1.165) is 44.2 Å². The van der Waals surface area contributed by atoms with Gasteiger partial charge in [-0.25, -0.2) is 4.39 Å². The molecule has 24 heavy (non-hydrogen) atoms. The zero-order chi connectivity index (χ0) is 17.4. The third-order valence-electron chi connectivity index (χ3n) is 4.64. The number of hydrogen-bond donors (Lipinski definition) is 2. The number of halogens is 1. The molecule has 2 N–H and O–H groups in total. The summed E-state index contributed by atoms with van der Waals surface area (Å²) in [4.78, 5) is 24.2. The number of hydrogen-bond acceptors (Lipinski definition) is 2. The Hall–Kier alpha value is -1.91. The molecule has 0 saturated heterocycles. The van der Waals surface area contributed by atoms with Gasteiger partial charge in [0.05, 0.1) is 0 Å². The van der Waals surface area contributed by atoms with Crippen LogP contribution in [0.1, 0.15) is 44.6 Å². The third-order valence-corrected chi connectivity index (χ3v) is 4.64. The smallest absolute Gasteiger partial charge is 0.223 e. The van der Waals surface area contributed by atoms with E-state index < -0.39 is 0 Å². The predicted molar refractivity (Wildman–Crippen MR) is 91.9 cm³/mol. The second-order valence-corrected chi connectivity index (χ2v) is 6.51. The molecule has 1 aliphatic rings. The number of carbonyl (C=O) groups is 2. The maximum Gasteiger partial charge on any atom is 0.223 e. The third kappa shape index (κ3) is 5.62. The van der Waals surface area contributed by atoms with Crippen molar-refractivity contribution in [3.63, 3.8) is 0 Å². The molecular formula is C19H27FN2O2. The lowest BCUT2D eigenvalue weighted by Crippen LogP contribution is -2.38. The van der Waals surface area contributed by atoms with Crippen LogP contribution in [-0.2, 0) is 16.0 Å². The second-order valence-electron chi connectivity index (χ2n) is 6.51. The summed E-state index contributed by atoms with van der Waals surface area (Å²) in [7, 11) is 0. The van der Waals surface area contributed by atoms with Crippen LogP contribution in [0.4, 0.5) is 4.39 Å². The fourth-order valence-corrected chi connectivity index (χ4v) is 3.14. The van der Waals surface area contributed by atoms with Gasteiger partial charge < -0.3 is 10.6 Å².